The fraction of sp³-hybridized carbons (Fsp3) is 0.200. The van der Waals surface area contributed by atoms with E-state index in [4.69, 9.17) is 11.6 Å². The maximum atomic E-state index is 10.8. The second-order valence-corrected chi connectivity index (χ2v) is 6.40. The number of non-ortho nitro benzene ring substituents is 1. The molecule has 6 heteroatoms. The van der Waals surface area contributed by atoms with Crippen LogP contribution in [0.2, 0.25) is 5.02 Å². The summed E-state index contributed by atoms with van der Waals surface area (Å²) in [4.78, 5) is 11.7. The Bertz CT molecular complexity index is 693. The SMILES string of the molecule is O=[N+]([O-])c1cccc(NC2CCSc3ccc(Cl)cc32)c1. The zero-order valence-electron chi connectivity index (χ0n) is 11.1. The van der Waals surface area contributed by atoms with Crippen LogP contribution in [-0.2, 0) is 0 Å². The van der Waals surface area contributed by atoms with Crippen LogP contribution in [0.5, 0.6) is 0 Å². The summed E-state index contributed by atoms with van der Waals surface area (Å²) in [5.74, 6) is 1.02. The molecule has 3 rings (SSSR count). The first-order valence-corrected chi connectivity index (χ1v) is 7.93. The molecular formula is C15H13ClN2O2S. The summed E-state index contributed by atoms with van der Waals surface area (Å²) in [5, 5.41) is 14.9. The molecular weight excluding hydrogens is 308 g/mol. The van der Waals surface area contributed by atoms with Crippen molar-refractivity contribution in [1.29, 1.82) is 0 Å². The molecule has 2 aromatic rings. The predicted molar refractivity (Wildman–Crippen MR) is 86.3 cm³/mol. The third-order valence-corrected chi connectivity index (χ3v) is 4.77. The molecule has 108 valence electrons. The normalized spacial score (nSPS) is 17.1. The van der Waals surface area contributed by atoms with E-state index in [1.807, 2.05) is 36.0 Å². The van der Waals surface area contributed by atoms with Gasteiger partial charge in [0.15, 0.2) is 0 Å². The van der Waals surface area contributed by atoms with E-state index in [-0.39, 0.29) is 16.7 Å². The predicted octanol–water partition coefficient (Wildman–Crippen LogP) is 4.90. The lowest BCUT2D eigenvalue weighted by atomic mass is 10.0. The molecule has 0 saturated carbocycles. The first-order valence-electron chi connectivity index (χ1n) is 6.57. The molecule has 0 radical (unpaired) electrons. The van der Waals surface area contributed by atoms with Gasteiger partial charge in [-0.1, -0.05) is 17.7 Å². The molecule has 0 amide bonds. The first-order chi connectivity index (χ1) is 10.1. The summed E-state index contributed by atoms with van der Waals surface area (Å²) < 4.78 is 0. The van der Waals surface area contributed by atoms with Gasteiger partial charge in [0.1, 0.15) is 0 Å². The number of halogens is 1. The van der Waals surface area contributed by atoms with E-state index in [1.54, 1.807) is 12.1 Å². The summed E-state index contributed by atoms with van der Waals surface area (Å²) in [7, 11) is 0. The highest BCUT2D eigenvalue weighted by Gasteiger charge is 2.21. The monoisotopic (exact) mass is 320 g/mol. The third kappa shape index (κ3) is 3.14. The van der Waals surface area contributed by atoms with E-state index in [0.29, 0.717) is 5.02 Å². The van der Waals surface area contributed by atoms with E-state index in [0.717, 1.165) is 23.4 Å². The molecule has 0 spiro atoms. The molecule has 0 saturated heterocycles. The minimum atomic E-state index is -0.382. The summed E-state index contributed by atoms with van der Waals surface area (Å²) >= 11 is 7.90. The van der Waals surface area contributed by atoms with Crippen LogP contribution in [0.4, 0.5) is 11.4 Å². The molecule has 1 N–H and O–H groups in total. The van der Waals surface area contributed by atoms with Gasteiger partial charge in [-0.15, -0.1) is 11.8 Å². The zero-order valence-corrected chi connectivity index (χ0v) is 12.7. The van der Waals surface area contributed by atoms with Crippen molar-refractivity contribution in [3.05, 3.63) is 63.2 Å². The molecule has 1 aliphatic heterocycles. The molecule has 21 heavy (non-hydrogen) atoms. The topological polar surface area (TPSA) is 55.2 Å². The Kier molecular flexibility index (Phi) is 4.03. The van der Waals surface area contributed by atoms with Crippen molar-refractivity contribution in [1.82, 2.24) is 0 Å². The van der Waals surface area contributed by atoms with Crippen molar-refractivity contribution in [3.8, 4) is 0 Å². The number of nitro groups is 1. The van der Waals surface area contributed by atoms with Gasteiger partial charge >= 0.3 is 0 Å². The van der Waals surface area contributed by atoms with Crippen LogP contribution < -0.4 is 5.32 Å². The van der Waals surface area contributed by atoms with Gasteiger partial charge in [0.05, 0.1) is 11.0 Å². The minimum absolute atomic E-state index is 0.0940. The van der Waals surface area contributed by atoms with Crippen LogP contribution in [0.15, 0.2) is 47.4 Å². The van der Waals surface area contributed by atoms with Crippen molar-refractivity contribution in [2.45, 2.75) is 17.4 Å². The van der Waals surface area contributed by atoms with Crippen LogP contribution >= 0.6 is 23.4 Å². The Morgan fingerprint density at radius 3 is 2.95 bits per heavy atom. The quantitative estimate of drug-likeness (QED) is 0.645. The Labute approximate surface area is 131 Å². The highest BCUT2D eigenvalue weighted by Crippen LogP contribution is 2.39. The van der Waals surface area contributed by atoms with Crippen LogP contribution in [0, 0.1) is 10.1 Å². The van der Waals surface area contributed by atoms with Gasteiger partial charge in [-0.3, -0.25) is 10.1 Å². The zero-order chi connectivity index (χ0) is 14.8. The minimum Gasteiger partial charge on any atom is -0.378 e. The number of rotatable bonds is 3. The number of nitro benzene ring substituents is 1. The second kappa shape index (κ2) is 5.95. The molecule has 2 aromatic carbocycles. The fourth-order valence-electron chi connectivity index (χ4n) is 2.43. The van der Waals surface area contributed by atoms with Gasteiger partial charge in [0.25, 0.3) is 5.69 Å². The molecule has 1 unspecified atom stereocenters. The molecule has 1 aliphatic rings. The lowest BCUT2D eigenvalue weighted by Crippen LogP contribution is -2.16. The molecule has 1 atom stereocenters. The lowest BCUT2D eigenvalue weighted by Gasteiger charge is -2.27. The van der Waals surface area contributed by atoms with Crippen LogP contribution in [0.25, 0.3) is 0 Å². The van der Waals surface area contributed by atoms with Crippen molar-refractivity contribution in [3.63, 3.8) is 0 Å². The number of thioether (sulfide) groups is 1. The molecule has 0 aliphatic carbocycles. The average molecular weight is 321 g/mol. The Hall–Kier alpha value is -1.72. The summed E-state index contributed by atoms with van der Waals surface area (Å²) in [5.41, 5.74) is 2.01. The summed E-state index contributed by atoms with van der Waals surface area (Å²) in [6.45, 7) is 0. The van der Waals surface area contributed by atoms with Crippen molar-refractivity contribution in [2.75, 3.05) is 11.1 Å². The average Bonchev–Trinajstić information content (AvgIpc) is 2.48. The summed E-state index contributed by atoms with van der Waals surface area (Å²) in [6, 6.07) is 12.6. The van der Waals surface area contributed by atoms with Crippen molar-refractivity contribution < 1.29 is 4.92 Å². The number of fused-ring (bicyclic) bond motifs is 1. The van der Waals surface area contributed by atoms with E-state index in [2.05, 4.69) is 5.32 Å². The number of nitrogens with zero attached hydrogens (tertiary/aromatic N) is 1. The molecule has 4 nitrogen and oxygen atoms in total. The maximum absolute atomic E-state index is 10.8. The molecule has 0 aromatic heterocycles. The number of nitrogens with one attached hydrogen (secondary N) is 1. The maximum Gasteiger partial charge on any atom is 0.271 e. The van der Waals surface area contributed by atoms with E-state index in [1.165, 1.54) is 11.0 Å². The van der Waals surface area contributed by atoms with Gasteiger partial charge in [-0.05, 0) is 36.2 Å². The van der Waals surface area contributed by atoms with Crippen LogP contribution in [-0.4, -0.2) is 10.7 Å². The second-order valence-electron chi connectivity index (χ2n) is 4.82. The summed E-state index contributed by atoms with van der Waals surface area (Å²) in [6.07, 6.45) is 0.959. The van der Waals surface area contributed by atoms with Gasteiger partial charge in [0, 0.05) is 33.5 Å². The van der Waals surface area contributed by atoms with E-state index in [9.17, 15) is 10.1 Å². The van der Waals surface area contributed by atoms with Crippen LogP contribution in [0.1, 0.15) is 18.0 Å². The van der Waals surface area contributed by atoms with Crippen molar-refractivity contribution >= 4 is 34.7 Å². The van der Waals surface area contributed by atoms with Gasteiger partial charge in [0.2, 0.25) is 0 Å². The molecule has 0 bridgehead atoms. The van der Waals surface area contributed by atoms with Gasteiger partial charge < -0.3 is 5.32 Å². The Morgan fingerprint density at radius 2 is 2.14 bits per heavy atom. The van der Waals surface area contributed by atoms with Gasteiger partial charge in [-0.2, -0.15) is 0 Å². The standard InChI is InChI=1S/C15H13ClN2O2S/c16-10-4-5-15-13(8-10)14(6-7-21-15)17-11-2-1-3-12(9-11)18(19)20/h1-5,8-9,14,17H,6-7H2. The number of hydrogen-bond acceptors (Lipinski definition) is 4. The number of benzene rings is 2. The Balaban J connectivity index is 1.88. The third-order valence-electron chi connectivity index (χ3n) is 3.41. The molecule has 1 heterocycles. The largest absolute Gasteiger partial charge is 0.378 e. The lowest BCUT2D eigenvalue weighted by molar-refractivity contribution is -0.384. The van der Waals surface area contributed by atoms with E-state index < -0.39 is 0 Å². The first kappa shape index (κ1) is 14.2. The number of hydrogen-bond donors (Lipinski definition) is 1. The van der Waals surface area contributed by atoms with Crippen molar-refractivity contribution in [2.24, 2.45) is 0 Å². The fourth-order valence-corrected chi connectivity index (χ4v) is 3.71. The van der Waals surface area contributed by atoms with Gasteiger partial charge in [-0.25, -0.2) is 0 Å². The highest BCUT2D eigenvalue weighted by atomic mass is 35.5. The Morgan fingerprint density at radius 1 is 1.29 bits per heavy atom. The van der Waals surface area contributed by atoms with E-state index >= 15 is 0 Å². The highest BCUT2D eigenvalue weighted by molar-refractivity contribution is 7.99. The smallest absolute Gasteiger partial charge is 0.271 e. The molecule has 0 fully saturated rings. The van der Waals surface area contributed by atoms with Crippen LogP contribution in [0.3, 0.4) is 0 Å². The number of anilines is 1.